The van der Waals surface area contributed by atoms with Crippen LogP contribution in [-0.2, 0) is 4.79 Å². The second-order valence-corrected chi connectivity index (χ2v) is 6.80. The van der Waals surface area contributed by atoms with Crippen LogP contribution in [-0.4, -0.2) is 28.9 Å². The molecule has 1 aliphatic rings. The minimum atomic E-state index is -0.175. The third-order valence-electron chi connectivity index (χ3n) is 4.57. The Morgan fingerprint density at radius 2 is 2.14 bits per heavy atom. The van der Waals surface area contributed by atoms with Gasteiger partial charge in [-0.25, -0.2) is 4.98 Å². The van der Waals surface area contributed by atoms with Gasteiger partial charge < -0.3 is 5.73 Å². The molecule has 1 aromatic carbocycles. The minimum absolute atomic E-state index is 0.00145. The summed E-state index contributed by atoms with van der Waals surface area (Å²) in [5.74, 6) is -0.174. The summed E-state index contributed by atoms with van der Waals surface area (Å²) in [7, 11) is 0. The van der Waals surface area contributed by atoms with Gasteiger partial charge in [0.1, 0.15) is 0 Å². The summed E-state index contributed by atoms with van der Waals surface area (Å²) in [6, 6.07) is 8.98. The summed E-state index contributed by atoms with van der Waals surface area (Å²) in [5.41, 5.74) is 10.9. The van der Waals surface area contributed by atoms with Crippen molar-refractivity contribution in [1.82, 2.24) is 9.88 Å². The number of hydrogen-bond acceptors (Lipinski definition) is 4. The van der Waals surface area contributed by atoms with E-state index in [1.165, 1.54) is 16.0 Å². The fourth-order valence-corrected chi connectivity index (χ4v) is 3.89. The van der Waals surface area contributed by atoms with E-state index in [0.29, 0.717) is 6.04 Å². The largest absolute Gasteiger partial charge is 0.369 e. The van der Waals surface area contributed by atoms with Gasteiger partial charge in [-0.1, -0.05) is 24.3 Å². The van der Waals surface area contributed by atoms with Gasteiger partial charge in [0.05, 0.1) is 22.0 Å². The van der Waals surface area contributed by atoms with Crippen LogP contribution in [0.4, 0.5) is 0 Å². The third-order valence-corrected chi connectivity index (χ3v) is 5.55. The number of carbonyl (C=O) groups excluding carboxylic acids is 1. The highest BCUT2D eigenvalue weighted by Crippen LogP contribution is 2.31. The Kier molecular flexibility index (Phi) is 4.27. The minimum Gasteiger partial charge on any atom is -0.369 e. The number of hydrogen-bond donors (Lipinski definition) is 1. The van der Waals surface area contributed by atoms with E-state index in [0.717, 1.165) is 25.2 Å². The maximum atomic E-state index is 11.3. The molecule has 2 N–H and O–H groups in total. The molecule has 4 nitrogen and oxygen atoms in total. The van der Waals surface area contributed by atoms with Gasteiger partial charge in [0.15, 0.2) is 0 Å². The van der Waals surface area contributed by atoms with Crippen molar-refractivity contribution in [3.63, 3.8) is 0 Å². The van der Waals surface area contributed by atoms with Crippen LogP contribution in [0.25, 0.3) is 10.4 Å². The SMILES string of the molecule is Cc1ncsc1-c1ccc(C(C)N2CC[C@H](C(N)=O)C2)cc1. The Balaban J connectivity index is 1.73. The summed E-state index contributed by atoms with van der Waals surface area (Å²) >= 11 is 1.67. The summed E-state index contributed by atoms with van der Waals surface area (Å²) < 4.78 is 0. The van der Waals surface area contributed by atoms with Crippen LogP contribution in [0, 0.1) is 12.8 Å². The summed E-state index contributed by atoms with van der Waals surface area (Å²) in [6.07, 6.45) is 0.873. The monoisotopic (exact) mass is 315 g/mol. The molecule has 5 heteroatoms. The first-order valence-electron chi connectivity index (χ1n) is 7.60. The van der Waals surface area contributed by atoms with Crippen LogP contribution in [0.5, 0.6) is 0 Å². The number of amides is 1. The molecule has 1 fully saturated rings. The van der Waals surface area contributed by atoms with E-state index in [4.69, 9.17) is 5.73 Å². The first-order chi connectivity index (χ1) is 10.6. The molecule has 3 rings (SSSR count). The van der Waals surface area contributed by atoms with Gasteiger partial charge in [0, 0.05) is 12.6 Å². The highest BCUT2D eigenvalue weighted by Gasteiger charge is 2.29. The Hall–Kier alpha value is -1.72. The van der Waals surface area contributed by atoms with Crippen LogP contribution < -0.4 is 5.73 Å². The number of primary amides is 1. The first kappa shape index (κ1) is 15.2. The molecule has 1 aromatic heterocycles. The summed E-state index contributed by atoms with van der Waals surface area (Å²) in [5, 5.41) is 0. The van der Waals surface area contributed by atoms with Gasteiger partial charge >= 0.3 is 0 Å². The number of nitrogens with zero attached hydrogens (tertiary/aromatic N) is 2. The van der Waals surface area contributed by atoms with E-state index < -0.39 is 0 Å². The van der Waals surface area contributed by atoms with E-state index in [1.54, 1.807) is 11.3 Å². The average Bonchev–Trinajstić information content (AvgIpc) is 3.15. The van der Waals surface area contributed by atoms with Crippen LogP contribution in [0.15, 0.2) is 29.8 Å². The van der Waals surface area contributed by atoms with Crippen LogP contribution in [0.2, 0.25) is 0 Å². The Labute approximate surface area is 135 Å². The Bertz CT molecular complexity index is 665. The zero-order valence-electron chi connectivity index (χ0n) is 13.0. The molecule has 0 bridgehead atoms. The number of rotatable bonds is 4. The lowest BCUT2D eigenvalue weighted by Gasteiger charge is -2.24. The van der Waals surface area contributed by atoms with E-state index in [-0.39, 0.29) is 11.8 Å². The van der Waals surface area contributed by atoms with E-state index in [9.17, 15) is 4.79 Å². The second kappa shape index (κ2) is 6.18. The smallest absolute Gasteiger partial charge is 0.221 e. The lowest BCUT2D eigenvalue weighted by molar-refractivity contribution is -0.121. The van der Waals surface area contributed by atoms with Crippen LogP contribution >= 0.6 is 11.3 Å². The van der Waals surface area contributed by atoms with Crippen molar-refractivity contribution >= 4 is 17.2 Å². The molecule has 0 aliphatic carbocycles. The van der Waals surface area contributed by atoms with Crippen molar-refractivity contribution in [3.05, 3.63) is 41.0 Å². The predicted molar refractivity (Wildman–Crippen MR) is 89.6 cm³/mol. The van der Waals surface area contributed by atoms with Crippen LogP contribution in [0.3, 0.4) is 0 Å². The molecule has 1 unspecified atom stereocenters. The zero-order valence-corrected chi connectivity index (χ0v) is 13.8. The molecule has 22 heavy (non-hydrogen) atoms. The lowest BCUT2D eigenvalue weighted by atomic mass is 10.0. The maximum Gasteiger partial charge on any atom is 0.221 e. The second-order valence-electron chi connectivity index (χ2n) is 5.95. The van der Waals surface area contributed by atoms with Crippen LogP contribution in [0.1, 0.15) is 30.6 Å². The average molecular weight is 315 g/mol. The number of aromatic nitrogens is 1. The standard InChI is InChI=1S/C17H21N3OS/c1-11-16(22-10-19-11)14-5-3-13(4-6-14)12(2)20-8-7-15(9-20)17(18)21/h3-6,10,12,15H,7-9H2,1-2H3,(H2,18,21)/t12?,15-/m0/s1. The number of aryl methyl sites for hydroxylation is 1. The van der Waals surface area contributed by atoms with E-state index >= 15 is 0 Å². The van der Waals surface area contributed by atoms with Crippen molar-refractivity contribution in [2.24, 2.45) is 11.7 Å². The van der Waals surface area contributed by atoms with Crippen molar-refractivity contribution < 1.29 is 4.79 Å². The first-order valence-corrected chi connectivity index (χ1v) is 8.48. The summed E-state index contributed by atoms with van der Waals surface area (Å²) in [6.45, 7) is 5.93. The van der Waals surface area contributed by atoms with E-state index in [2.05, 4.69) is 41.1 Å². The number of benzene rings is 1. The highest BCUT2D eigenvalue weighted by molar-refractivity contribution is 7.13. The molecular formula is C17H21N3OS. The fourth-order valence-electron chi connectivity index (χ4n) is 3.07. The highest BCUT2D eigenvalue weighted by atomic mass is 32.1. The van der Waals surface area contributed by atoms with Gasteiger partial charge in [-0.2, -0.15) is 0 Å². The predicted octanol–water partition coefficient (Wildman–Crippen LogP) is 2.99. The molecule has 1 aliphatic heterocycles. The van der Waals surface area contributed by atoms with E-state index in [1.807, 2.05) is 12.4 Å². The normalized spacial score (nSPS) is 20.2. The van der Waals surface area contributed by atoms with Crippen molar-refractivity contribution in [3.8, 4) is 10.4 Å². The molecule has 0 radical (unpaired) electrons. The van der Waals surface area contributed by atoms with Gasteiger partial charge in [-0.15, -0.1) is 11.3 Å². The lowest BCUT2D eigenvalue weighted by Crippen LogP contribution is -2.29. The van der Waals surface area contributed by atoms with Gasteiger partial charge in [-0.3, -0.25) is 9.69 Å². The Morgan fingerprint density at radius 1 is 1.41 bits per heavy atom. The Morgan fingerprint density at radius 3 is 2.68 bits per heavy atom. The van der Waals surface area contributed by atoms with Gasteiger partial charge in [-0.05, 0) is 37.9 Å². The van der Waals surface area contributed by atoms with Gasteiger partial charge in [0.25, 0.3) is 0 Å². The number of carbonyl (C=O) groups is 1. The molecule has 0 saturated carbocycles. The molecule has 116 valence electrons. The summed E-state index contributed by atoms with van der Waals surface area (Å²) in [4.78, 5) is 19.2. The van der Waals surface area contributed by atoms with Gasteiger partial charge in [0.2, 0.25) is 5.91 Å². The number of nitrogens with two attached hydrogens (primary N) is 1. The maximum absolute atomic E-state index is 11.3. The quantitative estimate of drug-likeness (QED) is 0.943. The molecule has 1 saturated heterocycles. The zero-order chi connectivity index (χ0) is 15.7. The fraction of sp³-hybridized carbons (Fsp3) is 0.412. The topological polar surface area (TPSA) is 59.2 Å². The van der Waals surface area contributed by atoms with Crippen molar-refractivity contribution in [2.75, 3.05) is 13.1 Å². The molecule has 0 spiro atoms. The molecular weight excluding hydrogens is 294 g/mol. The van der Waals surface area contributed by atoms with Crippen molar-refractivity contribution in [1.29, 1.82) is 0 Å². The molecule has 1 amide bonds. The number of thiazole rings is 1. The molecule has 2 atom stereocenters. The molecule has 2 aromatic rings. The molecule has 2 heterocycles. The number of likely N-dealkylation sites (tertiary alicyclic amines) is 1. The van der Waals surface area contributed by atoms with Crippen molar-refractivity contribution in [2.45, 2.75) is 26.3 Å². The third kappa shape index (κ3) is 2.91.